The minimum Gasteiger partial charge on any atom is -0.481 e. The zero-order valence-corrected chi connectivity index (χ0v) is 19.1. The number of carbonyl (C=O) groups excluding carboxylic acids is 3. The number of carboxylic acids is 2. The van der Waals surface area contributed by atoms with Gasteiger partial charge in [0.2, 0.25) is 17.7 Å². The van der Waals surface area contributed by atoms with Crippen LogP contribution in [0, 0.1) is 5.92 Å². The van der Waals surface area contributed by atoms with E-state index in [0.29, 0.717) is 5.69 Å². The molecular formula is C20H32N6O8. The van der Waals surface area contributed by atoms with Crippen molar-refractivity contribution in [2.75, 3.05) is 0 Å². The zero-order valence-electron chi connectivity index (χ0n) is 19.1. The number of nitrogens with zero attached hydrogens (tertiary/aromatic N) is 1. The van der Waals surface area contributed by atoms with Gasteiger partial charge in [-0.25, -0.2) is 9.78 Å². The Morgan fingerprint density at radius 3 is 2.09 bits per heavy atom. The predicted octanol–water partition coefficient (Wildman–Crippen LogP) is -2.28. The molecule has 9 N–H and O–H groups in total. The fourth-order valence-corrected chi connectivity index (χ4v) is 3.00. The number of aromatic amines is 1. The lowest BCUT2D eigenvalue weighted by Crippen LogP contribution is -2.60. The number of aliphatic hydroxyl groups excluding tert-OH is 1. The average molecular weight is 485 g/mol. The maximum atomic E-state index is 12.7. The number of imidazole rings is 1. The van der Waals surface area contributed by atoms with E-state index in [2.05, 4.69) is 25.9 Å². The van der Waals surface area contributed by atoms with E-state index in [-0.39, 0.29) is 18.8 Å². The van der Waals surface area contributed by atoms with E-state index in [9.17, 15) is 34.2 Å². The predicted molar refractivity (Wildman–Crippen MR) is 117 cm³/mol. The third-order valence-electron chi connectivity index (χ3n) is 4.73. The second-order valence-electron chi connectivity index (χ2n) is 8.30. The van der Waals surface area contributed by atoms with Crippen molar-refractivity contribution in [3.8, 4) is 0 Å². The molecule has 0 radical (unpaired) electrons. The largest absolute Gasteiger partial charge is 0.481 e. The highest BCUT2D eigenvalue weighted by Gasteiger charge is 2.33. The van der Waals surface area contributed by atoms with Crippen molar-refractivity contribution in [1.82, 2.24) is 25.9 Å². The van der Waals surface area contributed by atoms with Crippen LogP contribution in [0.25, 0.3) is 0 Å². The summed E-state index contributed by atoms with van der Waals surface area (Å²) >= 11 is 0. The van der Waals surface area contributed by atoms with Crippen molar-refractivity contribution >= 4 is 29.7 Å². The van der Waals surface area contributed by atoms with Crippen LogP contribution in [0.3, 0.4) is 0 Å². The first-order valence-corrected chi connectivity index (χ1v) is 10.6. The molecule has 1 aromatic rings. The van der Waals surface area contributed by atoms with Crippen molar-refractivity contribution in [3.05, 3.63) is 18.2 Å². The topological polar surface area (TPSA) is 237 Å². The Bertz CT molecular complexity index is 857. The van der Waals surface area contributed by atoms with Crippen molar-refractivity contribution in [3.63, 3.8) is 0 Å². The van der Waals surface area contributed by atoms with Gasteiger partial charge in [-0.05, 0) is 19.3 Å². The smallest absolute Gasteiger partial charge is 0.326 e. The molecule has 0 saturated carbocycles. The van der Waals surface area contributed by atoms with Crippen molar-refractivity contribution in [2.24, 2.45) is 11.7 Å². The molecule has 1 heterocycles. The molecule has 1 aromatic heterocycles. The van der Waals surface area contributed by atoms with E-state index in [4.69, 9.17) is 10.8 Å². The number of aliphatic carboxylic acids is 2. The average Bonchev–Trinajstić information content (AvgIpc) is 3.22. The fraction of sp³-hybridized carbons (Fsp3) is 0.600. The number of hydrogen-bond acceptors (Lipinski definition) is 8. The molecule has 14 nitrogen and oxygen atoms in total. The summed E-state index contributed by atoms with van der Waals surface area (Å²) in [6.45, 7) is 4.69. The molecule has 0 aliphatic carbocycles. The van der Waals surface area contributed by atoms with E-state index >= 15 is 0 Å². The Labute approximate surface area is 195 Å². The molecule has 1 rings (SSSR count). The summed E-state index contributed by atoms with van der Waals surface area (Å²) in [4.78, 5) is 66.9. The van der Waals surface area contributed by atoms with Crippen molar-refractivity contribution in [1.29, 1.82) is 0 Å². The minimum atomic E-state index is -1.66. The first-order valence-electron chi connectivity index (χ1n) is 10.6. The van der Waals surface area contributed by atoms with Gasteiger partial charge >= 0.3 is 11.9 Å². The molecule has 0 bridgehead atoms. The number of amides is 3. The lowest BCUT2D eigenvalue weighted by Gasteiger charge is -2.26. The van der Waals surface area contributed by atoms with Gasteiger partial charge in [-0.3, -0.25) is 19.2 Å². The molecule has 14 heteroatoms. The number of carbonyl (C=O) groups is 5. The van der Waals surface area contributed by atoms with Crippen LogP contribution in [0.15, 0.2) is 12.5 Å². The second kappa shape index (κ2) is 13.3. The molecule has 0 aliphatic heterocycles. The lowest BCUT2D eigenvalue weighted by molar-refractivity contribution is -0.144. The number of hydrogen-bond donors (Lipinski definition) is 8. The number of aliphatic hydroxyl groups is 1. The number of carboxylic acid groups (broad SMARTS) is 2. The third kappa shape index (κ3) is 9.54. The van der Waals surface area contributed by atoms with Crippen LogP contribution in [0.2, 0.25) is 0 Å². The van der Waals surface area contributed by atoms with Gasteiger partial charge < -0.3 is 42.0 Å². The highest BCUT2D eigenvalue weighted by atomic mass is 16.4. The summed E-state index contributed by atoms with van der Waals surface area (Å²) in [6.07, 6.45) is 0.724. The Morgan fingerprint density at radius 1 is 1.00 bits per heavy atom. The standard InChI is InChI=1S/C20H32N6O8/c1-9(2)4-14(20(33)34)25-18(31)13(6-15(28)29)24-19(32)16(10(3)27)26-17(30)12(21)5-11-7-22-8-23-11/h7-10,12-14,16,27H,4-6,21H2,1-3H3,(H,22,23)(H,24,32)(H,25,31)(H,26,30)(H,28,29)(H,33,34). The number of aromatic nitrogens is 2. The number of nitrogens with two attached hydrogens (primary N) is 1. The van der Waals surface area contributed by atoms with Crippen LogP contribution in [0.1, 0.15) is 39.3 Å². The minimum absolute atomic E-state index is 0.0659. The quantitative estimate of drug-likeness (QED) is 0.141. The maximum absolute atomic E-state index is 12.7. The summed E-state index contributed by atoms with van der Waals surface area (Å²) in [5.41, 5.74) is 6.39. The fourth-order valence-electron chi connectivity index (χ4n) is 3.00. The van der Waals surface area contributed by atoms with Gasteiger partial charge in [0.1, 0.15) is 18.1 Å². The third-order valence-corrected chi connectivity index (χ3v) is 4.73. The number of H-pyrrole nitrogens is 1. The highest BCUT2D eigenvalue weighted by Crippen LogP contribution is 2.07. The van der Waals surface area contributed by atoms with Gasteiger partial charge in [0, 0.05) is 18.3 Å². The van der Waals surface area contributed by atoms with Gasteiger partial charge in [0.25, 0.3) is 0 Å². The highest BCUT2D eigenvalue weighted by molar-refractivity contribution is 5.95. The molecule has 0 aliphatic rings. The lowest BCUT2D eigenvalue weighted by atomic mass is 10.0. The van der Waals surface area contributed by atoms with E-state index in [1.54, 1.807) is 13.8 Å². The van der Waals surface area contributed by atoms with Crippen LogP contribution >= 0.6 is 0 Å². The Hall–Kier alpha value is -3.52. The van der Waals surface area contributed by atoms with Gasteiger partial charge in [0.05, 0.1) is 24.9 Å². The Morgan fingerprint density at radius 2 is 1.62 bits per heavy atom. The van der Waals surface area contributed by atoms with E-state index in [1.807, 2.05) is 0 Å². The van der Waals surface area contributed by atoms with Crippen LogP contribution in [-0.2, 0) is 30.4 Å². The molecule has 0 aromatic carbocycles. The zero-order chi connectivity index (χ0) is 26.0. The van der Waals surface area contributed by atoms with Crippen LogP contribution in [0.5, 0.6) is 0 Å². The molecule has 0 spiro atoms. The monoisotopic (exact) mass is 484 g/mol. The first-order chi connectivity index (χ1) is 15.8. The van der Waals surface area contributed by atoms with Crippen LogP contribution in [0.4, 0.5) is 0 Å². The molecule has 5 unspecified atom stereocenters. The van der Waals surface area contributed by atoms with Crippen molar-refractivity contribution < 1.29 is 39.3 Å². The summed E-state index contributed by atoms with van der Waals surface area (Å²) in [5.74, 6) is -5.70. The number of rotatable bonds is 14. The van der Waals surface area contributed by atoms with Crippen LogP contribution in [-0.4, -0.2) is 85.2 Å². The first kappa shape index (κ1) is 28.5. The number of nitrogens with one attached hydrogen (secondary N) is 4. The van der Waals surface area contributed by atoms with Gasteiger partial charge in [-0.2, -0.15) is 0 Å². The van der Waals surface area contributed by atoms with Crippen molar-refractivity contribution in [2.45, 2.75) is 70.3 Å². The summed E-state index contributed by atoms with van der Waals surface area (Å²) < 4.78 is 0. The molecular weight excluding hydrogens is 452 g/mol. The summed E-state index contributed by atoms with van der Waals surface area (Å²) in [6, 6.07) is -5.61. The summed E-state index contributed by atoms with van der Waals surface area (Å²) in [7, 11) is 0. The van der Waals surface area contributed by atoms with Crippen LogP contribution < -0.4 is 21.7 Å². The molecule has 190 valence electrons. The second-order valence-corrected chi connectivity index (χ2v) is 8.30. The normalized spacial score (nSPS) is 15.5. The Balaban J connectivity index is 2.91. The van der Waals surface area contributed by atoms with E-state index in [0.717, 1.165) is 0 Å². The molecule has 34 heavy (non-hydrogen) atoms. The molecule has 0 saturated heterocycles. The molecule has 3 amide bonds. The molecule has 0 fully saturated rings. The van der Waals surface area contributed by atoms with Gasteiger partial charge in [0.15, 0.2) is 0 Å². The Kier molecular flexibility index (Phi) is 11.1. The van der Waals surface area contributed by atoms with Gasteiger partial charge in [-0.1, -0.05) is 13.8 Å². The van der Waals surface area contributed by atoms with Gasteiger partial charge in [-0.15, -0.1) is 0 Å². The SMILES string of the molecule is CC(C)CC(NC(=O)C(CC(=O)O)NC(=O)C(NC(=O)C(N)Cc1cnc[nH]1)C(C)O)C(=O)O. The van der Waals surface area contributed by atoms with E-state index < -0.39 is 66.4 Å². The maximum Gasteiger partial charge on any atom is 0.326 e. The molecule has 5 atom stereocenters. The summed E-state index contributed by atoms with van der Waals surface area (Å²) in [5, 5.41) is 35.1. The van der Waals surface area contributed by atoms with E-state index in [1.165, 1.54) is 19.4 Å².